The van der Waals surface area contributed by atoms with Gasteiger partial charge in [-0.15, -0.1) is 0 Å². The number of hydrogen-bond acceptors (Lipinski definition) is 5. The van der Waals surface area contributed by atoms with Crippen LogP contribution < -0.4 is 10.1 Å². The molecule has 6 aromatic rings. The number of halogens is 1. The third-order valence-electron chi connectivity index (χ3n) is 7.56. The highest BCUT2D eigenvalue weighted by Gasteiger charge is 2.25. The Kier molecular flexibility index (Phi) is 5.77. The van der Waals surface area contributed by atoms with Crippen molar-refractivity contribution in [3.8, 4) is 39.5 Å². The largest absolute Gasteiger partial charge is 0.497 e. The molecule has 1 aliphatic carbocycles. The average Bonchev–Trinajstić information content (AvgIpc) is 3.55. The molecule has 198 valence electrons. The number of ether oxygens (including phenoxy) is 1. The van der Waals surface area contributed by atoms with Crippen LogP contribution in [0.3, 0.4) is 0 Å². The lowest BCUT2D eigenvalue weighted by atomic mass is 9.85. The Morgan fingerprint density at radius 2 is 1.82 bits per heavy atom. The first-order chi connectivity index (χ1) is 19.6. The number of carbonyl (C=O) groups is 1. The van der Waals surface area contributed by atoms with E-state index in [2.05, 4.69) is 36.5 Å². The van der Waals surface area contributed by atoms with Gasteiger partial charge in [-0.25, -0.2) is 4.39 Å². The molecule has 0 atom stereocenters. The fourth-order valence-corrected chi connectivity index (χ4v) is 5.21. The smallest absolute Gasteiger partial charge is 0.227 e. The number of hydrogen-bond donors (Lipinski definition) is 3. The molecule has 0 radical (unpaired) electrons. The number of anilines is 1. The second-order valence-electron chi connectivity index (χ2n) is 10.1. The molecule has 40 heavy (non-hydrogen) atoms. The van der Waals surface area contributed by atoms with Gasteiger partial charge in [0.2, 0.25) is 5.91 Å². The highest BCUT2D eigenvalue weighted by Crippen LogP contribution is 2.36. The normalized spacial score (nSPS) is 13.4. The van der Waals surface area contributed by atoms with Crippen molar-refractivity contribution in [3.05, 3.63) is 79.0 Å². The minimum Gasteiger partial charge on any atom is -0.497 e. The van der Waals surface area contributed by atoms with E-state index in [1.165, 1.54) is 19.2 Å². The number of methoxy groups -OCH3 is 1. The Balaban J connectivity index is 1.26. The molecule has 0 bridgehead atoms. The average molecular weight is 533 g/mol. The first kappa shape index (κ1) is 24.0. The predicted octanol–water partition coefficient (Wildman–Crippen LogP) is 6.72. The summed E-state index contributed by atoms with van der Waals surface area (Å²) in [7, 11) is 1.51. The van der Waals surface area contributed by atoms with Gasteiger partial charge in [-0.2, -0.15) is 5.10 Å². The summed E-state index contributed by atoms with van der Waals surface area (Å²) in [5, 5.41) is 12.5. The second-order valence-corrected chi connectivity index (χ2v) is 10.1. The molecule has 1 amide bonds. The molecule has 1 aliphatic rings. The number of H-pyrrole nitrogens is 2. The van der Waals surface area contributed by atoms with Crippen molar-refractivity contribution < 1.29 is 13.9 Å². The lowest BCUT2D eigenvalue weighted by molar-refractivity contribution is -0.122. The molecule has 0 spiro atoms. The van der Waals surface area contributed by atoms with Crippen molar-refractivity contribution in [2.75, 3.05) is 12.4 Å². The summed E-state index contributed by atoms with van der Waals surface area (Å²) < 4.78 is 19.5. The van der Waals surface area contributed by atoms with Gasteiger partial charge in [-0.05, 0) is 60.9 Å². The highest BCUT2D eigenvalue weighted by atomic mass is 19.1. The molecule has 0 saturated heterocycles. The van der Waals surface area contributed by atoms with Gasteiger partial charge in [0.25, 0.3) is 0 Å². The number of fused-ring (bicyclic) bond motifs is 2. The van der Waals surface area contributed by atoms with Crippen LogP contribution in [-0.2, 0) is 4.79 Å². The number of pyridine rings is 2. The predicted molar refractivity (Wildman–Crippen MR) is 152 cm³/mol. The van der Waals surface area contributed by atoms with Gasteiger partial charge in [0.05, 0.1) is 35.9 Å². The molecule has 7 rings (SSSR count). The Labute approximate surface area is 228 Å². The van der Waals surface area contributed by atoms with E-state index >= 15 is 0 Å². The van der Waals surface area contributed by atoms with Crippen molar-refractivity contribution >= 4 is 33.4 Å². The molecular formula is C31H25FN6O2. The summed E-state index contributed by atoms with van der Waals surface area (Å²) in [6, 6.07) is 16.4. The van der Waals surface area contributed by atoms with Crippen LogP contribution in [-0.4, -0.2) is 38.2 Å². The van der Waals surface area contributed by atoms with Gasteiger partial charge >= 0.3 is 0 Å². The van der Waals surface area contributed by atoms with Gasteiger partial charge in [-0.1, -0.05) is 12.5 Å². The molecule has 4 heterocycles. The van der Waals surface area contributed by atoms with E-state index < -0.39 is 5.82 Å². The van der Waals surface area contributed by atoms with Crippen LogP contribution in [0, 0.1) is 11.7 Å². The van der Waals surface area contributed by atoms with E-state index in [0.29, 0.717) is 22.7 Å². The first-order valence-electron chi connectivity index (χ1n) is 13.1. The summed E-state index contributed by atoms with van der Waals surface area (Å²) in [6.07, 6.45) is 8.15. The van der Waals surface area contributed by atoms with E-state index in [1.54, 1.807) is 24.7 Å². The zero-order valence-electron chi connectivity index (χ0n) is 21.7. The molecule has 1 fully saturated rings. The Morgan fingerprint density at radius 3 is 2.65 bits per heavy atom. The first-order valence-corrected chi connectivity index (χ1v) is 13.1. The zero-order chi connectivity index (χ0) is 27.2. The zero-order valence-corrected chi connectivity index (χ0v) is 21.7. The Bertz CT molecular complexity index is 1910. The molecule has 3 N–H and O–H groups in total. The minimum absolute atomic E-state index is 0.0575. The van der Waals surface area contributed by atoms with Gasteiger partial charge in [0, 0.05) is 51.8 Å². The maximum atomic E-state index is 14.3. The molecule has 0 aliphatic heterocycles. The van der Waals surface area contributed by atoms with Crippen molar-refractivity contribution in [2.45, 2.75) is 19.3 Å². The van der Waals surface area contributed by atoms with Crippen LogP contribution in [0.25, 0.3) is 55.6 Å². The minimum atomic E-state index is -0.393. The summed E-state index contributed by atoms with van der Waals surface area (Å²) in [6.45, 7) is 0. The number of benzene rings is 2. The molecule has 0 unspecified atom stereocenters. The van der Waals surface area contributed by atoms with Gasteiger partial charge in [-0.3, -0.25) is 19.9 Å². The fraction of sp³-hybridized carbons (Fsp3) is 0.161. The van der Waals surface area contributed by atoms with E-state index in [1.807, 2.05) is 30.3 Å². The molecule has 1 saturated carbocycles. The maximum absolute atomic E-state index is 14.3. The number of nitrogens with zero attached hydrogens (tertiary/aromatic N) is 3. The van der Waals surface area contributed by atoms with Crippen LogP contribution in [0.15, 0.2) is 73.2 Å². The Morgan fingerprint density at radius 1 is 0.950 bits per heavy atom. The second kappa shape index (κ2) is 9.60. The Hall–Kier alpha value is -5.05. The van der Waals surface area contributed by atoms with E-state index in [-0.39, 0.29) is 11.8 Å². The lowest BCUT2D eigenvalue weighted by Crippen LogP contribution is -2.28. The van der Waals surface area contributed by atoms with Gasteiger partial charge in [0.1, 0.15) is 17.3 Å². The van der Waals surface area contributed by atoms with Crippen LogP contribution >= 0.6 is 0 Å². The molecule has 8 nitrogen and oxygen atoms in total. The van der Waals surface area contributed by atoms with E-state index in [9.17, 15) is 9.18 Å². The monoisotopic (exact) mass is 532 g/mol. The number of nitrogens with one attached hydrogen (secondary N) is 3. The van der Waals surface area contributed by atoms with Crippen molar-refractivity contribution in [1.82, 2.24) is 25.1 Å². The van der Waals surface area contributed by atoms with E-state index in [4.69, 9.17) is 4.74 Å². The molecule has 2 aromatic carbocycles. The number of aromatic amines is 2. The third-order valence-corrected chi connectivity index (χ3v) is 7.56. The van der Waals surface area contributed by atoms with Crippen molar-refractivity contribution in [1.29, 1.82) is 0 Å². The molecular weight excluding hydrogens is 507 g/mol. The summed E-state index contributed by atoms with van der Waals surface area (Å²) in [5.74, 6) is 0.193. The topological polar surface area (TPSA) is 109 Å². The highest BCUT2D eigenvalue weighted by molar-refractivity contribution is 6.01. The van der Waals surface area contributed by atoms with Crippen LogP contribution in [0.2, 0.25) is 0 Å². The summed E-state index contributed by atoms with van der Waals surface area (Å²) in [4.78, 5) is 24.8. The maximum Gasteiger partial charge on any atom is 0.227 e. The third kappa shape index (κ3) is 4.25. The summed E-state index contributed by atoms with van der Waals surface area (Å²) in [5.41, 5.74) is 7.09. The van der Waals surface area contributed by atoms with Crippen LogP contribution in [0.1, 0.15) is 19.3 Å². The van der Waals surface area contributed by atoms with Gasteiger partial charge in [0.15, 0.2) is 0 Å². The van der Waals surface area contributed by atoms with Crippen molar-refractivity contribution in [2.24, 2.45) is 5.92 Å². The number of amides is 1. The quantitative estimate of drug-likeness (QED) is 0.221. The van der Waals surface area contributed by atoms with Crippen LogP contribution in [0.5, 0.6) is 5.75 Å². The lowest BCUT2D eigenvalue weighted by Gasteiger charge is -2.24. The SMILES string of the molecule is COc1cc(F)cc(-c2nccc3[nH]c(-c4n[nH]c5ccc(-c6cncc(NC(=O)C7CCC7)c6)cc45)cc23)c1. The van der Waals surface area contributed by atoms with Gasteiger partial charge < -0.3 is 15.0 Å². The standard InChI is InChI=1S/C31H25FN6O2/c1-40-23-11-19(9-21(32)13-23)29-25-14-28(36-26(25)7-8-34-29)30-24-12-18(5-6-27(24)37-38-30)20-10-22(16-33-15-20)35-31(39)17-3-2-4-17/h5-17,36H,2-4H2,1H3,(H,35,39)(H,37,38). The summed E-state index contributed by atoms with van der Waals surface area (Å²) >= 11 is 0. The molecule has 9 heteroatoms. The van der Waals surface area contributed by atoms with Crippen LogP contribution in [0.4, 0.5) is 10.1 Å². The number of aromatic nitrogens is 5. The number of carbonyl (C=O) groups excluding carboxylic acids is 1. The van der Waals surface area contributed by atoms with Crippen molar-refractivity contribution in [3.63, 3.8) is 0 Å². The van der Waals surface area contributed by atoms with E-state index in [0.717, 1.165) is 63.6 Å². The fourth-order valence-electron chi connectivity index (χ4n) is 5.21. The molecule has 4 aromatic heterocycles. The number of rotatable bonds is 6.